The Morgan fingerprint density at radius 2 is 1.71 bits per heavy atom. The molecule has 31 heavy (non-hydrogen) atoms. The maximum absolute atomic E-state index is 13.1. The molecule has 0 fully saturated rings. The number of nitrogens with zero attached hydrogens (tertiary/aromatic N) is 1. The van der Waals surface area contributed by atoms with Crippen molar-refractivity contribution in [3.05, 3.63) is 92.1 Å². The largest absolute Gasteiger partial charge is 0.487 e. The molecule has 1 heterocycles. The second-order valence-electron chi connectivity index (χ2n) is 7.26. The number of carbonyl (C=O) groups is 1. The van der Waals surface area contributed by atoms with Gasteiger partial charge >= 0.3 is 0 Å². The Labute approximate surface area is 197 Å². The molecule has 0 saturated heterocycles. The van der Waals surface area contributed by atoms with E-state index in [1.807, 2.05) is 47.4 Å². The van der Waals surface area contributed by atoms with Gasteiger partial charge in [0.05, 0.1) is 14.6 Å². The standard InChI is InChI=1S/C25H20Br2FNO2/c1-2-11-29-23-6-4-3-5-19(23)20(25(29)30)12-17-13-21(26)24(22(27)14-17)31-15-16-7-9-18(28)10-8-16/h3-10,12-14H,2,11,15H2,1H3/b20-12-. The summed E-state index contributed by atoms with van der Waals surface area (Å²) in [7, 11) is 0. The highest BCUT2D eigenvalue weighted by molar-refractivity contribution is 9.11. The Balaban J connectivity index is 1.61. The minimum atomic E-state index is -0.274. The summed E-state index contributed by atoms with van der Waals surface area (Å²) in [6.45, 7) is 3.07. The second kappa shape index (κ2) is 9.37. The van der Waals surface area contributed by atoms with Gasteiger partial charge in [-0.3, -0.25) is 4.79 Å². The molecule has 6 heteroatoms. The maximum atomic E-state index is 13.1. The summed E-state index contributed by atoms with van der Waals surface area (Å²) >= 11 is 7.15. The van der Waals surface area contributed by atoms with E-state index in [1.165, 1.54) is 12.1 Å². The number of fused-ring (bicyclic) bond motifs is 1. The summed E-state index contributed by atoms with van der Waals surface area (Å²) in [5, 5.41) is 0. The van der Waals surface area contributed by atoms with Gasteiger partial charge in [-0.25, -0.2) is 4.39 Å². The number of halogens is 3. The van der Waals surface area contributed by atoms with Gasteiger partial charge in [-0.05, 0) is 85.8 Å². The minimum Gasteiger partial charge on any atom is -0.487 e. The fourth-order valence-electron chi connectivity index (χ4n) is 3.60. The molecular weight excluding hydrogens is 525 g/mol. The van der Waals surface area contributed by atoms with E-state index in [0.717, 1.165) is 37.7 Å². The fourth-order valence-corrected chi connectivity index (χ4v) is 5.05. The van der Waals surface area contributed by atoms with Crippen LogP contribution in [0.1, 0.15) is 30.0 Å². The number of ether oxygens (including phenoxy) is 1. The zero-order valence-corrected chi connectivity index (χ0v) is 20.0. The number of rotatable bonds is 6. The van der Waals surface area contributed by atoms with Crippen LogP contribution in [0.5, 0.6) is 5.75 Å². The average Bonchev–Trinajstić information content (AvgIpc) is 3.01. The predicted octanol–water partition coefficient (Wildman–Crippen LogP) is 7.23. The van der Waals surface area contributed by atoms with Crippen molar-refractivity contribution < 1.29 is 13.9 Å². The van der Waals surface area contributed by atoms with E-state index < -0.39 is 0 Å². The normalized spacial score (nSPS) is 14.3. The molecule has 3 nitrogen and oxygen atoms in total. The highest BCUT2D eigenvalue weighted by Crippen LogP contribution is 2.40. The molecule has 0 bridgehead atoms. The lowest BCUT2D eigenvalue weighted by molar-refractivity contribution is -0.113. The number of benzene rings is 3. The molecule has 1 amide bonds. The van der Waals surface area contributed by atoms with Crippen molar-refractivity contribution in [1.82, 2.24) is 0 Å². The van der Waals surface area contributed by atoms with E-state index in [-0.39, 0.29) is 11.7 Å². The summed E-state index contributed by atoms with van der Waals surface area (Å²) in [5.74, 6) is 0.396. The Kier molecular flexibility index (Phi) is 6.58. The summed E-state index contributed by atoms with van der Waals surface area (Å²) < 4.78 is 20.5. The van der Waals surface area contributed by atoms with Crippen molar-refractivity contribution in [2.75, 3.05) is 11.4 Å². The fraction of sp³-hybridized carbons (Fsp3) is 0.160. The first-order valence-electron chi connectivity index (χ1n) is 9.97. The van der Waals surface area contributed by atoms with Crippen molar-refractivity contribution in [3.63, 3.8) is 0 Å². The minimum absolute atomic E-state index is 0.0203. The van der Waals surface area contributed by atoms with E-state index >= 15 is 0 Å². The smallest absolute Gasteiger partial charge is 0.258 e. The van der Waals surface area contributed by atoms with Gasteiger partial charge in [0.15, 0.2) is 0 Å². The van der Waals surface area contributed by atoms with Crippen LogP contribution in [0.2, 0.25) is 0 Å². The summed E-state index contributed by atoms with van der Waals surface area (Å²) in [6.07, 6.45) is 2.81. The van der Waals surface area contributed by atoms with Crippen LogP contribution in [-0.2, 0) is 11.4 Å². The SMILES string of the molecule is CCCN1C(=O)/C(=C\c2cc(Br)c(OCc3ccc(F)cc3)c(Br)c2)c2ccccc21. The van der Waals surface area contributed by atoms with Crippen LogP contribution >= 0.6 is 31.9 Å². The van der Waals surface area contributed by atoms with Crippen molar-refractivity contribution in [2.45, 2.75) is 20.0 Å². The molecule has 0 N–H and O–H groups in total. The molecule has 0 aliphatic carbocycles. The van der Waals surface area contributed by atoms with Gasteiger partial charge in [-0.15, -0.1) is 0 Å². The third kappa shape index (κ3) is 4.60. The average molecular weight is 545 g/mol. The first-order valence-corrected chi connectivity index (χ1v) is 11.6. The number of hydrogen-bond acceptors (Lipinski definition) is 2. The molecular formula is C25H20Br2FNO2. The maximum Gasteiger partial charge on any atom is 0.258 e. The molecule has 0 radical (unpaired) electrons. The number of carbonyl (C=O) groups excluding carboxylic acids is 1. The van der Waals surface area contributed by atoms with E-state index in [4.69, 9.17) is 4.74 Å². The Morgan fingerprint density at radius 3 is 2.39 bits per heavy atom. The van der Waals surface area contributed by atoms with Crippen LogP contribution in [0.15, 0.2) is 69.6 Å². The molecule has 3 aromatic rings. The van der Waals surface area contributed by atoms with Gasteiger partial charge in [0.1, 0.15) is 18.2 Å². The third-order valence-corrected chi connectivity index (χ3v) is 6.21. The summed E-state index contributed by atoms with van der Waals surface area (Å²) in [4.78, 5) is 14.9. The van der Waals surface area contributed by atoms with Gasteiger partial charge in [-0.1, -0.05) is 37.3 Å². The van der Waals surface area contributed by atoms with Crippen LogP contribution in [0, 0.1) is 5.82 Å². The quantitative estimate of drug-likeness (QED) is 0.306. The van der Waals surface area contributed by atoms with Crippen molar-refractivity contribution in [3.8, 4) is 5.75 Å². The van der Waals surface area contributed by atoms with Crippen LogP contribution in [0.4, 0.5) is 10.1 Å². The topological polar surface area (TPSA) is 29.5 Å². The van der Waals surface area contributed by atoms with Crippen LogP contribution < -0.4 is 9.64 Å². The molecule has 0 spiro atoms. The van der Waals surface area contributed by atoms with E-state index in [2.05, 4.69) is 38.8 Å². The van der Waals surface area contributed by atoms with E-state index in [1.54, 1.807) is 12.1 Å². The lowest BCUT2D eigenvalue weighted by Crippen LogP contribution is -2.26. The Bertz CT molecular complexity index is 1140. The first-order chi connectivity index (χ1) is 15.0. The molecule has 1 aliphatic rings. The Hall–Kier alpha value is -2.44. The third-order valence-electron chi connectivity index (χ3n) is 5.04. The van der Waals surface area contributed by atoms with Crippen LogP contribution in [-0.4, -0.2) is 12.5 Å². The molecule has 0 unspecified atom stereocenters. The van der Waals surface area contributed by atoms with Crippen molar-refractivity contribution in [1.29, 1.82) is 0 Å². The molecule has 3 aromatic carbocycles. The van der Waals surface area contributed by atoms with Crippen LogP contribution in [0.3, 0.4) is 0 Å². The molecule has 0 saturated carbocycles. The van der Waals surface area contributed by atoms with Gasteiger partial charge in [-0.2, -0.15) is 0 Å². The summed E-state index contributed by atoms with van der Waals surface area (Å²) in [5.41, 5.74) is 4.34. The van der Waals surface area contributed by atoms with E-state index in [9.17, 15) is 9.18 Å². The highest BCUT2D eigenvalue weighted by atomic mass is 79.9. The molecule has 0 atom stereocenters. The van der Waals surface area contributed by atoms with Crippen LogP contribution in [0.25, 0.3) is 11.6 Å². The second-order valence-corrected chi connectivity index (χ2v) is 8.97. The number of anilines is 1. The zero-order chi connectivity index (χ0) is 22.0. The lowest BCUT2D eigenvalue weighted by atomic mass is 10.0. The molecule has 1 aliphatic heterocycles. The molecule has 0 aromatic heterocycles. The van der Waals surface area contributed by atoms with Gasteiger partial charge in [0.25, 0.3) is 5.91 Å². The molecule has 158 valence electrons. The number of hydrogen-bond donors (Lipinski definition) is 0. The monoisotopic (exact) mass is 543 g/mol. The highest BCUT2D eigenvalue weighted by Gasteiger charge is 2.31. The van der Waals surface area contributed by atoms with Gasteiger partial charge < -0.3 is 9.64 Å². The van der Waals surface area contributed by atoms with Crippen molar-refractivity contribution in [2.24, 2.45) is 0 Å². The summed E-state index contributed by atoms with van der Waals surface area (Å²) in [6, 6.07) is 18.0. The van der Waals surface area contributed by atoms with Gasteiger partial charge in [0.2, 0.25) is 0 Å². The number of para-hydroxylation sites is 1. The lowest BCUT2D eigenvalue weighted by Gasteiger charge is -2.15. The first kappa shape index (κ1) is 21.8. The molecule has 4 rings (SSSR count). The number of amides is 1. The Morgan fingerprint density at radius 1 is 1.03 bits per heavy atom. The van der Waals surface area contributed by atoms with Crippen molar-refractivity contribution >= 4 is 55.1 Å². The van der Waals surface area contributed by atoms with E-state index in [0.29, 0.717) is 24.5 Å². The predicted molar refractivity (Wildman–Crippen MR) is 130 cm³/mol. The zero-order valence-electron chi connectivity index (χ0n) is 16.9. The van der Waals surface area contributed by atoms with Gasteiger partial charge in [0, 0.05) is 17.7 Å².